The maximum absolute atomic E-state index is 5.68. The van der Waals surface area contributed by atoms with Gasteiger partial charge < -0.3 is 10.3 Å². The summed E-state index contributed by atoms with van der Waals surface area (Å²) in [5, 5.41) is 9.29. The quantitative estimate of drug-likeness (QED) is 0.786. The molecule has 0 spiro atoms. The van der Waals surface area contributed by atoms with Gasteiger partial charge in [0.2, 0.25) is 0 Å². The first-order chi connectivity index (χ1) is 10.8. The first-order valence-corrected chi connectivity index (χ1v) is 7.86. The maximum Gasteiger partial charge on any atom is 0.180 e. The van der Waals surface area contributed by atoms with Crippen LogP contribution in [0, 0.1) is 0 Å². The first-order valence-electron chi connectivity index (χ1n) is 7.04. The Bertz CT molecular complexity index is 780. The van der Waals surface area contributed by atoms with Crippen molar-refractivity contribution in [1.82, 2.24) is 29.6 Å². The number of thiazole rings is 1. The zero-order chi connectivity index (χ0) is 14.9. The van der Waals surface area contributed by atoms with Crippen LogP contribution in [0.3, 0.4) is 0 Å². The summed E-state index contributed by atoms with van der Waals surface area (Å²) >= 11 is 1.54. The summed E-state index contributed by atoms with van der Waals surface area (Å²) in [6.07, 6.45) is 5.43. The van der Waals surface area contributed by atoms with E-state index in [0.29, 0.717) is 5.13 Å². The summed E-state index contributed by atoms with van der Waals surface area (Å²) in [7, 11) is 0. The van der Waals surface area contributed by atoms with E-state index in [1.807, 2.05) is 24.5 Å². The maximum atomic E-state index is 5.68. The first kappa shape index (κ1) is 13.4. The Labute approximate surface area is 131 Å². The average molecular weight is 313 g/mol. The fraction of sp³-hybridized carbons (Fsp3) is 0.286. The predicted molar refractivity (Wildman–Crippen MR) is 83.9 cm³/mol. The minimum absolute atomic E-state index is 0.619. The molecule has 1 aliphatic heterocycles. The highest BCUT2D eigenvalue weighted by Crippen LogP contribution is 2.23. The number of rotatable bonds is 3. The minimum atomic E-state index is 0.619. The van der Waals surface area contributed by atoms with E-state index in [4.69, 9.17) is 5.73 Å². The van der Waals surface area contributed by atoms with Gasteiger partial charge in [-0.25, -0.2) is 4.98 Å². The molecule has 0 saturated heterocycles. The van der Waals surface area contributed by atoms with Crippen molar-refractivity contribution >= 4 is 16.5 Å². The van der Waals surface area contributed by atoms with Gasteiger partial charge in [0.1, 0.15) is 5.82 Å². The highest BCUT2D eigenvalue weighted by molar-refractivity contribution is 7.15. The number of fused-ring (bicyclic) bond motifs is 1. The van der Waals surface area contributed by atoms with Crippen LogP contribution in [0.15, 0.2) is 30.7 Å². The third-order valence-corrected chi connectivity index (χ3v) is 4.51. The van der Waals surface area contributed by atoms with Gasteiger partial charge in [0.15, 0.2) is 11.0 Å². The van der Waals surface area contributed by atoms with Crippen LogP contribution in [0.2, 0.25) is 0 Å². The van der Waals surface area contributed by atoms with E-state index in [-0.39, 0.29) is 0 Å². The molecule has 0 radical (unpaired) electrons. The second-order valence-corrected chi connectivity index (χ2v) is 6.36. The number of hydrogen-bond donors (Lipinski definition) is 1. The van der Waals surface area contributed by atoms with Crippen LogP contribution in [0.5, 0.6) is 0 Å². The minimum Gasteiger partial charge on any atom is -0.375 e. The molecule has 3 aromatic rings. The van der Waals surface area contributed by atoms with Crippen LogP contribution in [0.1, 0.15) is 10.7 Å². The zero-order valence-corrected chi connectivity index (χ0v) is 12.7. The lowest BCUT2D eigenvalue weighted by Gasteiger charge is -2.27. The van der Waals surface area contributed by atoms with Gasteiger partial charge in [-0.05, 0) is 12.1 Å². The van der Waals surface area contributed by atoms with Gasteiger partial charge in [-0.2, -0.15) is 0 Å². The number of nitrogen functional groups attached to an aromatic ring is 1. The van der Waals surface area contributed by atoms with E-state index >= 15 is 0 Å². The molecule has 0 fully saturated rings. The molecule has 0 aromatic carbocycles. The number of hydrogen-bond acceptors (Lipinski definition) is 7. The smallest absolute Gasteiger partial charge is 0.180 e. The lowest BCUT2D eigenvalue weighted by Crippen LogP contribution is -2.33. The second kappa shape index (κ2) is 5.47. The number of nitrogens with two attached hydrogens (primary N) is 1. The Morgan fingerprint density at radius 2 is 2.18 bits per heavy atom. The summed E-state index contributed by atoms with van der Waals surface area (Å²) in [5.41, 5.74) is 6.69. The molecule has 22 heavy (non-hydrogen) atoms. The molecule has 4 rings (SSSR count). The van der Waals surface area contributed by atoms with Gasteiger partial charge in [0.25, 0.3) is 0 Å². The van der Waals surface area contributed by atoms with Crippen LogP contribution in [0.25, 0.3) is 11.4 Å². The van der Waals surface area contributed by atoms with Gasteiger partial charge in [-0.15, -0.1) is 21.5 Å². The van der Waals surface area contributed by atoms with E-state index in [1.165, 1.54) is 16.2 Å². The molecular weight excluding hydrogens is 298 g/mol. The Hall–Kier alpha value is -2.32. The molecular formula is C14H15N7S. The highest BCUT2D eigenvalue weighted by Gasteiger charge is 2.22. The fourth-order valence-electron chi connectivity index (χ4n) is 2.67. The number of anilines is 1. The van der Waals surface area contributed by atoms with Crippen LogP contribution < -0.4 is 5.73 Å². The van der Waals surface area contributed by atoms with Crippen molar-refractivity contribution in [3.8, 4) is 11.4 Å². The second-order valence-electron chi connectivity index (χ2n) is 5.21. The van der Waals surface area contributed by atoms with Gasteiger partial charge in [0.05, 0.1) is 6.54 Å². The van der Waals surface area contributed by atoms with Crippen LogP contribution >= 0.6 is 11.3 Å². The van der Waals surface area contributed by atoms with Crippen LogP contribution in [0.4, 0.5) is 5.13 Å². The normalized spacial score (nSPS) is 14.9. The molecule has 1 aliphatic rings. The Morgan fingerprint density at radius 3 is 2.95 bits per heavy atom. The molecule has 8 heteroatoms. The van der Waals surface area contributed by atoms with Gasteiger partial charge >= 0.3 is 0 Å². The molecule has 0 unspecified atom stereocenters. The largest absolute Gasteiger partial charge is 0.375 e. The molecule has 2 N–H and O–H groups in total. The number of pyridine rings is 1. The predicted octanol–water partition coefficient (Wildman–Crippen LogP) is 1.39. The van der Waals surface area contributed by atoms with Crippen molar-refractivity contribution in [2.45, 2.75) is 19.6 Å². The molecule has 4 heterocycles. The van der Waals surface area contributed by atoms with Gasteiger partial charge in [-0.1, -0.05) is 0 Å². The fourth-order valence-corrected chi connectivity index (χ4v) is 3.39. The van der Waals surface area contributed by atoms with Gasteiger partial charge in [-0.3, -0.25) is 9.88 Å². The average Bonchev–Trinajstić information content (AvgIpc) is 3.14. The van der Waals surface area contributed by atoms with Crippen molar-refractivity contribution in [2.24, 2.45) is 0 Å². The molecule has 3 aromatic heterocycles. The number of nitrogens with zero attached hydrogens (tertiary/aromatic N) is 6. The standard InChI is InChI=1S/C14H15N7S/c15-14-17-7-11(22-14)8-20-4-5-21-12(9-20)18-19-13(21)10-2-1-3-16-6-10/h1-3,6-7H,4-5,8-9H2,(H2,15,17). The third kappa shape index (κ3) is 2.46. The molecule has 0 amide bonds. The molecule has 0 saturated carbocycles. The van der Waals surface area contributed by atoms with E-state index in [0.717, 1.165) is 43.4 Å². The number of aromatic nitrogens is 5. The summed E-state index contributed by atoms with van der Waals surface area (Å²) in [6.45, 7) is 3.46. The molecule has 0 atom stereocenters. The molecule has 0 aliphatic carbocycles. The summed E-state index contributed by atoms with van der Waals surface area (Å²) in [5.74, 6) is 1.88. The summed E-state index contributed by atoms with van der Waals surface area (Å²) in [4.78, 5) is 11.8. The lowest BCUT2D eigenvalue weighted by atomic mass is 10.2. The van der Waals surface area contributed by atoms with Crippen molar-refractivity contribution < 1.29 is 0 Å². The van der Waals surface area contributed by atoms with Crippen LogP contribution in [-0.2, 0) is 19.6 Å². The van der Waals surface area contributed by atoms with Crippen molar-refractivity contribution in [3.05, 3.63) is 41.4 Å². The lowest BCUT2D eigenvalue weighted by molar-refractivity contribution is 0.211. The monoisotopic (exact) mass is 313 g/mol. The Balaban J connectivity index is 1.54. The van der Waals surface area contributed by atoms with Crippen molar-refractivity contribution in [1.29, 1.82) is 0 Å². The highest BCUT2D eigenvalue weighted by atomic mass is 32.1. The molecule has 112 valence electrons. The SMILES string of the molecule is Nc1ncc(CN2CCn3c(nnc3-c3cccnc3)C2)s1. The van der Waals surface area contributed by atoms with E-state index in [9.17, 15) is 0 Å². The van der Waals surface area contributed by atoms with E-state index < -0.39 is 0 Å². The van der Waals surface area contributed by atoms with Crippen molar-refractivity contribution in [3.63, 3.8) is 0 Å². The zero-order valence-electron chi connectivity index (χ0n) is 11.9. The molecule has 0 bridgehead atoms. The Morgan fingerprint density at radius 1 is 1.23 bits per heavy atom. The molecule has 7 nitrogen and oxygen atoms in total. The third-order valence-electron chi connectivity index (χ3n) is 3.70. The van der Waals surface area contributed by atoms with Gasteiger partial charge in [0, 0.05) is 48.7 Å². The summed E-state index contributed by atoms with van der Waals surface area (Å²) < 4.78 is 2.18. The van der Waals surface area contributed by atoms with Crippen LogP contribution in [-0.4, -0.2) is 36.2 Å². The summed E-state index contributed by atoms with van der Waals surface area (Å²) in [6, 6.07) is 3.93. The Kier molecular flexibility index (Phi) is 3.32. The topological polar surface area (TPSA) is 85.8 Å². The van der Waals surface area contributed by atoms with E-state index in [1.54, 1.807) is 6.20 Å². The van der Waals surface area contributed by atoms with E-state index in [2.05, 4.69) is 29.6 Å². The van der Waals surface area contributed by atoms with Crippen molar-refractivity contribution in [2.75, 3.05) is 12.3 Å².